The molecule has 0 saturated carbocycles. The minimum absolute atomic E-state index is 0. The van der Waals surface area contributed by atoms with Crippen LogP contribution in [-0.4, -0.2) is 18.0 Å². The second-order valence-electron chi connectivity index (χ2n) is 3.62. The molecule has 1 rings (SSSR count). The fourth-order valence-corrected chi connectivity index (χ4v) is 1.52. The molecule has 0 aliphatic carbocycles. The van der Waals surface area contributed by atoms with Gasteiger partial charge in [0.2, 0.25) is 0 Å². The summed E-state index contributed by atoms with van der Waals surface area (Å²) >= 11 is 0. The predicted molar refractivity (Wildman–Crippen MR) is 48.1 cm³/mol. The summed E-state index contributed by atoms with van der Waals surface area (Å²) in [7, 11) is 0. The maximum absolute atomic E-state index is 12.8. The fourth-order valence-electron chi connectivity index (χ4n) is 1.52. The highest BCUT2D eigenvalue weighted by atomic mass is 35.5. The number of piperidine rings is 1. The van der Waals surface area contributed by atoms with E-state index in [9.17, 15) is 8.78 Å². The standard InChI is InChI=1S/C8H15F2N.ClH/c1-3-7(2)6-8(9,10)4-5-11-7;/h11H,3-6H2,1-2H3;1H. The third kappa shape index (κ3) is 2.87. The average Bonchev–Trinajstić information content (AvgIpc) is 1.85. The largest absolute Gasteiger partial charge is 0.311 e. The van der Waals surface area contributed by atoms with Crippen LogP contribution in [0.3, 0.4) is 0 Å². The third-order valence-corrected chi connectivity index (χ3v) is 2.47. The smallest absolute Gasteiger partial charge is 0.251 e. The van der Waals surface area contributed by atoms with Crippen LogP contribution in [0.1, 0.15) is 33.1 Å². The van der Waals surface area contributed by atoms with Crippen LogP contribution in [0.4, 0.5) is 8.78 Å². The maximum atomic E-state index is 12.8. The summed E-state index contributed by atoms with van der Waals surface area (Å²) in [5, 5.41) is 3.12. The van der Waals surface area contributed by atoms with Crippen molar-refractivity contribution in [3.05, 3.63) is 0 Å². The van der Waals surface area contributed by atoms with Crippen LogP contribution in [0.5, 0.6) is 0 Å². The van der Waals surface area contributed by atoms with Gasteiger partial charge in [-0.15, -0.1) is 12.4 Å². The first-order chi connectivity index (χ1) is 4.97. The molecule has 1 atom stereocenters. The van der Waals surface area contributed by atoms with Crippen molar-refractivity contribution in [3.8, 4) is 0 Å². The van der Waals surface area contributed by atoms with Gasteiger partial charge in [-0.25, -0.2) is 8.78 Å². The van der Waals surface area contributed by atoms with Crippen LogP contribution < -0.4 is 5.32 Å². The normalized spacial score (nSPS) is 34.0. The van der Waals surface area contributed by atoms with Crippen molar-refractivity contribution in [2.24, 2.45) is 0 Å². The lowest BCUT2D eigenvalue weighted by molar-refractivity contribution is -0.0603. The number of hydrogen-bond acceptors (Lipinski definition) is 1. The first kappa shape index (κ1) is 12.1. The fraction of sp³-hybridized carbons (Fsp3) is 1.00. The molecule has 0 bridgehead atoms. The van der Waals surface area contributed by atoms with Crippen molar-refractivity contribution in [2.75, 3.05) is 6.54 Å². The molecule has 12 heavy (non-hydrogen) atoms. The molecule has 1 aliphatic rings. The van der Waals surface area contributed by atoms with Gasteiger partial charge >= 0.3 is 0 Å². The molecule has 0 aromatic carbocycles. The molecule has 1 fully saturated rings. The molecule has 1 N–H and O–H groups in total. The summed E-state index contributed by atoms with van der Waals surface area (Å²) in [6, 6.07) is 0. The van der Waals surface area contributed by atoms with Gasteiger partial charge in [-0.3, -0.25) is 0 Å². The molecule has 0 spiro atoms. The van der Waals surface area contributed by atoms with Gasteiger partial charge in [0.1, 0.15) is 0 Å². The van der Waals surface area contributed by atoms with E-state index in [0.29, 0.717) is 6.54 Å². The van der Waals surface area contributed by atoms with Gasteiger partial charge in [-0.05, 0) is 13.3 Å². The van der Waals surface area contributed by atoms with E-state index in [1.54, 1.807) is 0 Å². The van der Waals surface area contributed by atoms with E-state index in [-0.39, 0.29) is 30.8 Å². The molecule has 1 saturated heterocycles. The molecule has 74 valence electrons. The Kier molecular flexibility index (Phi) is 3.91. The van der Waals surface area contributed by atoms with E-state index in [0.717, 1.165) is 6.42 Å². The predicted octanol–water partition coefficient (Wildman–Crippen LogP) is 2.60. The van der Waals surface area contributed by atoms with E-state index in [1.165, 1.54) is 0 Å². The van der Waals surface area contributed by atoms with Crippen LogP contribution in [0.15, 0.2) is 0 Å². The Balaban J connectivity index is 0.00000121. The molecule has 0 amide bonds. The van der Waals surface area contributed by atoms with E-state index in [2.05, 4.69) is 5.32 Å². The quantitative estimate of drug-likeness (QED) is 0.685. The molecule has 1 unspecified atom stereocenters. The molecule has 0 aromatic heterocycles. The van der Waals surface area contributed by atoms with Crippen LogP contribution in [0.25, 0.3) is 0 Å². The molecule has 1 aliphatic heterocycles. The van der Waals surface area contributed by atoms with Crippen molar-refractivity contribution in [2.45, 2.75) is 44.6 Å². The van der Waals surface area contributed by atoms with Gasteiger partial charge in [0, 0.05) is 24.9 Å². The van der Waals surface area contributed by atoms with Crippen LogP contribution in [0, 0.1) is 0 Å². The number of halogens is 3. The van der Waals surface area contributed by atoms with Crippen molar-refractivity contribution < 1.29 is 8.78 Å². The molecule has 1 nitrogen and oxygen atoms in total. The SMILES string of the molecule is CCC1(C)CC(F)(F)CCN1.Cl. The first-order valence-corrected chi connectivity index (χ1v) is 4.10. The van der Waals surface area contributed by atoms with Crippen LogP contribution >= 0.6 is 12.4 Å². The second kappa shape index (κ2) is 3.88. The van der Waals surface area contributed by atoms with Crippen molar-refractivity contribution in [1.82, 2.24) is 5.32 Å². The lowest BCUT2D eigenvalue weighted by Crippen LogP contribution is -2.52. The zero-order valence-electron chi connectivity index (χ0n) is 7.49. The highest BCUT2D eigenvalue weighted by molar-refractivity contribution is 5.85. The molecule has 0 radical (unpaired) electrons. The van der Waals surface area contributed by atoms with Gasteiger partial charge in [0.05, 0.1) is 0 Å². The lowest BCUT2D eigenvalue weighted by Gasteiger charge is -2.38. The topological polar surface area (TPSA) is 12.0 Å². The van der Waals surface area contributed by atoms with Crippen molar-refractivity contribution >= 4 is 12.4 Å². The molecule has 0 aromatic rings. The van der Waals surface area contributed by atoms with Crippen LogP contribution in [0.2, 0.25) is 0 Å². The second-order valence-corrected chi connectivity index (χ2v) is 3.62. The monoisotopic (exact) mass is 199 g/mol. The Morgan fingerprint density at radius 1 is 1.42 bits per heavy atom. The molecular formula is C8H16ClF2N. The minimum Gasteiger partial charge on any atom is -0.311 e. The van der Waals surface area contributed by atoms with E-state index >= 15 is 0 Å². The van der Waals surface area contributed by atoms with Gasteiger partial charge < -0.3 is 5.32 Å². The molecule has 4 heteroatoms. The number of nitrogens with one attached hydrogen (secondary N) is 1. The number of hydrogen-bond donors (Lipinski definition) is 1. The summed E-state index contributed by atoms with van der Waals surface area (Å²) in [4.78, 5) is 0. The summed E-state index contributed by atoms with van der Waals surface area (Å²) in [6.45, 7) is 4.24. The van der Waals surface area contributed by atoms with Gasteiger partial charge in [0.25, 0.3) is 5.92 Å². The molecule has 1 heterocycles. The first-order valence-electron chi connectivity index (χ1n) is 4.10. The summed E-state index contributed by atoms with van der Waals surface area (Å²) in [5.41, 5.74) is -0.345. The zero-order chi connectivity index (χ0) is 8.54. The summed E-state index contributed by atoms with van der Waals surface area (Å²) < 4.78 is 25.7. The highest BCUT2D eigenvalue weighted by Gasteiger charge is 2.41. The van der Waals surface area contributed by atoms with Crippen LogP contribution in [-0.2, 0) is 0 Å². The zero-order valence-corrected chi connectivity index (χ0v) is 8.31. The van der Waals surface area contributed by atoms with E-state index in [4.69, 9.17) is 0 Å². The Labute approximate surface area is 78.3 Å². The average molecular weight is 200 g/mol. The lowest BCUT2D eigenvalue weighted by atomic mass is 9.86. The van der Waals surface area contributed by atoms with E-state index < -0.39 is 5.92 Å². The van der Waals surface area contributed by atoms with Gasteiger partial charge in [0.15, 0.2) is 0 Å². The minimum atomic E-state index is -2.45. The van der Waals surface area contributed by atoms with Crippen molar-refractivity contribution in [1.29, 1.82) is 0 Å². The van der Waals surface area contributed by atoms with E-state index in [1.807, 2.05) is 13.8 Å². The highest BCUT2D eigenvalue weighted by Crippen LogP contribution is 2.34. The Hall–Kier alpha value is 0.110. The summed E-state index contributed by atoms with van der Waals surface area (Å²) in [6.07, 6.45) is 0.738. The number of alkyl halides is 2. The Morgan fingerprint density at radius 2 is 2.00 bits per heavy atom. The third-order valence-electron chi connectivity index (χ3n) is 2.47. The molecular weight excluding hydrogens is 184 g/mol. The van der Waals surface area contributed by atoms with Gasteiger partial charge in [-0.1, -0.05) is 6.92 Å². The maximum Gasteiger partial charge on any atom is 0.251 e. The van der Waals surface area contributed by atoms with Gasteiger partial charge in [-0.2, -0.15) is 0 Å². The summed E-state index contributed by atoms with van der Waals surface area (Å²) in [5.74, 6) is -2.45. The Bertz CT molecular complexity index is 152. The Morgan fingerprint density at radius 3 is 2.33 bits per heavy atom. The number of rotatable bonds is 1. The van der Waals surface area contributed by atoms with Crippen molar-refractivity contribution in [3.63, 3.8) is 0 Å².